The van der Waals surface area contributed by atoms with Crippen molar-refractivity contribution in [2.24, 2.45) is 0 Å². The van der Waals surface area contributed by atoms with Gasteiger partial charge in [-0.05, 0) is 37.3 Å². The number of rotatable bonds is 4. The number of hydrogen-bond acceptors (Lipinski definition) is 4. The van der Waals surface area contributed by atoms with Crippen molar-refractivity contribution in [1.29, 1.82) is 0 Å². The predicted molar refractivity (Wildman–Crippen MR) is 86.6 cm³/mol. The Morgan fingerprint density at radius 3 is 2.62 bits per heavy atom. The second-order valence-electron chi connectivity index (χ2n) is 5.08. The summed E-state index contributed by atoms with van der Waals surface area (Å²) in [6, 6.07) is 13.1. The Morgan fingerprint density at radius 2 is 1.92 bits per heavy atom. The lowest BCUT2D eigenvalue weighted by molar-refractivity contribution is 0.0461. The lowest BCUT2D eigenvalue weighted by atomic mass is 10.2. The van der Waals surface area contributed by atoms with Crippen LogP contribution in [-0.2, 0) is 11.3 Å². The molecule has 3 aromatic rings. The van der Waals surface area contributed by atoms with Gasteiger partial charge in [-0.15, -0.1) is 5.10 Å². The Hall–Kier alpha value is -2.73. The van der Waals surface area contributed by atoms with Crippen LogP contribution in [0.1, 0.15) is 21.7 Å². The van der Waals surface area contributed by atoms with E-state index in [-0.39, 0.29) is 12.3 Å². The average Bonchev–Trinajstić information content (AvgIpc) is 2.96. The summed E-state index contributed by atoms with van der Waals surface area (Å²) in [5.74, 6) is -1.08. The summed E-state index contributed by atoms with van der Waals surface area (Å²) in [6.45, 7) is 1.53. The van der Waals surface area contributed by atoms with Crippen molar-refractivity contribution in [3.63, 3.8) is 0 Å². The molecule has 0 spiro atoms. The van der Waals surface area contributed by atoms with E-state index in [9.17, 15) is 9.18 Å². The van der Waals surface area contributed by atoms with Gasteiger partial charge >= 0.3 is 5.97 Å². The third-order valence-electron chi connectivity index (χ3n) is 3.48. The number of benzene rings is 2. The van der Waals surface area contributed by atoms with E-state index in [1.807, 2.05) is 0 Å². The molecule has 0 fully saturated rings. The summed E-state index contributed by atoms with van der Waals surface area (Å²) >= 11 is 5.86. The molecule has 0 saturated carbocycles. The van der Waals surface area contributed by atoms with E-state index in [1.165, 1.54) is 10.7 Å². The molecule has 0 amide bonds. The highest BCUT2D eigenvalue weighted by atomic mass is 35.5. The average molecular weight is 346 g/mol. The zero-order valence-corrected chi connectivity index (χ0v) is 13.5. The Kier molecular flexibility index (Phi) is 4.57. The second kappa shape index (κ2) is 6.80. The highest BCUT2D eigenvalue weighted by Crippen LogP contribution is 2.16. The standard InChI is InChI=1S/C17H13ClFN3O2/c1-11-16(17(23)24-10-12-4-2-3-5-15(12)19)20-21-22(11)14-8-6-13(18)7-9-14/h2-9H,10H2,1H3. The Labute approximate surface area is 142 Å². The van der Waals surface area contributed by atoms with E-state index in [4.69, 9.17) is 16.3 Å². The minimum atomic E-state index is -0.657. The van der Waals surface area contributed by atoms with Crippen LogP contribution in [-0.4, -0.2) is 21.0 Å². The van der Waals surface area contributed by atoms with Crippen LogP contribution in [0.4, 0.5) is 4.39 Å². The summed E-state index contributed by atoms with van der Waals surface area (Å²) in [7, 11) is 0. The minimum absolute atomic E-state index is 0.0845. The fourth-order valence-electron chi connectivity index (χ4n) is 2.17. The van der Waals surface area contributed by atoms with Crippen molar-refractivity contribution in [2.75, 3.05) is 0 Å². The molecule has 2 aromatic carbocycles. The molecule has 1 aromatic heterocycles. The Balaban J connectivity index is 1.76. The van der Waals surface area contributed by atoms with Crippen LogP contribution >= 0.6 is 11.6 Å². The maximum Gasteiger partial charge on any atom is 0.361 e. The first-order chi connectivity index (χ1) is 11.6. The van der Waals surface area contributed by atoms with Crippen molar-refractivity contribution >= 4 is 17.6 Å². The summed E-state index contributed by atoms with van der Waals surface area (Å²) in [4.78, 5) is 12.2. The van der Waals surface area contributed by atoms with Gasteiger partial charge in [0.2, 0.25) is 0 Å². The molecule has 0 saturated heterocycles. The van der Waals surface area contributed by atoms with Crippen molar-refractivity contribution < 1.29 is 13.9 Å². The van der Waals surface area contributed by atoms with Crippen LogP contribution in [0.2, 0.25) is 5.02 Å². The van der Waals surface area contributed by atoms with Crippen molar-refractivity contribution in [3.8, 4) is 5.69 Å². The largest absolute Gasteiger partial charge is 0.456 e. The number of halogens is 2. The molecular weight excluding hydrogens is 333 g/mol. The van der Waals surface area contributed by atoms with Gasteiger partial charge in [-0.2, -0.15) is 0 Å². The number of ether oxygens (including phenoxy) is 1. The van der Waals surface area contributed by atoms with Gasteiger partial charge in [0.15, 0.2) is 5.69 Å². The minimum Gasteiger partial charge on any atom is -0.456 e. The molecule has 24 heavy (non-hydrogen) atoms. The quantitative estimate of drug-likeness (QED) is 0.676. The maximum atomic E-state index is 13.5. The van der Waals surface area contributed by atoms with E-state index in [0.29, 0.717) is 16.3 Å². The fraction of sp³-hybridized carbons (Fsp3) is 0.118. The summed E-state index contributed by atoms with van der Waals surface area (Å²) in [5, 5.41) is 8.42. The molecule has 0 aliphatic carbocycles. The molecule has 0 radical (unpaired) electrons. The molecule has 0 unspecified atom stereocenters. The molecule has 7 heteroatoms. The molecule has 3 rings (SSSR count). The maximum absolute atomic E-state index is 13.5. The van der Waals surface area contributed by atoms with Crippen LogP contribution < -0.4 is 0 Å². The molecule has 122 valence electrons. The first-order valence-corrected chi connectivity index (χ1v) is 7.53. The number of aromatic nitrogens is 3. The first-order valence-electron chi connectivity index (χ1n) is 7.15. The number of carbonyl (C=O) groups excluding carboxylic acids is 1. The number of nitrogens with zero attached hydrogens (tertiary/aromatic N) is 3. The lowest BCUT2D eigenvalue weighted by Gasteiger charge is -2.05. The second-order valence-corrected chi connectivity index (χ2v) is 5.52. The van der Waals surface area contributed by atoms with Crippen LogP contribution in [0.5, 0.6) is 0 Å². The summed E-state index contributed by atoms with van der Waals surface area (Å²) < 4.78 is 20.2. The molecule has 5 nitrogen and oxygen atoms in total. The van der Waals surface area contributed by atoms with Gasteiger partial charge in [-0.1, -0.05) is 35.0 Å². The number of carbonyl (C=O) groups is 1. The Bertz CT molecular complexity index is 878. The molecule has 0 N–H and O–H groups in total. The zero-order chi connectivity index (χ0) is 17.1. The van der Waals surface area contributed by atoms with Gasteiger partial charge in [0.25, 0.3) is 0 Å². The zero-order valence-electron chi connectivity index (χ0n) is 12.7. The van der Waals surface area contributed by atoms with Crippen LogP contribution in [0.15, 0.2) is 48.5 Å². The van der Waals surface area contributed by atoms with Gasteiger partial charge in [0.05, 0.1) is 11.4 Å². The van der Waals surface area contributed by atoms with Crippen molar-refractivity contribution in [3.05, 3.63) is 76.3 Å². The molecule has 0 bridgehead atoms. The summed E-state index contributed by atoms with van der Waals surface area (Å²) in [5.41, 5.74) is 1.63. The van der Waals surface area contributed by atoms with Gasteiger partial charge < -0.3 is 4.74 Å². The highest BCUT2D eigenvalue weighted by Gasteiger charge is 2.19. The number of hydrogen-bond donors (Lipinski definition) is 0. The first kappa shape index (κ1) is 16.1. The highest BCUT2D eigenvalue weighted by molar-refractivity contribution is 6.30. The van der Waals surface area contributed by atoms with E-state index < -0.39 is 11.8 Å². The SMILES string of the molecule is Cc1c(C(=O)OCc2ccccc2F)nnn1-c1ccc(Cl)cc1. The third-order valence-corrected chi connectivity index (χ3v) is 3.73. The van der Waals surface area contributed by atoms with Gasteiger partial charge in [-0.3, -0.25) is 0 Å². The lowest BCUT2D eigenvalue weighted by Crippen LogP contribution is -2.09. The van der Waals surface area contributed by atoms with Crippen molar-refractivity contribution in [1.82, 2.24) is 15.0 Å². The van der Waals surface area contributed by atoms with Crippen LogP contribution in [0.3, 0.4) is 0 Å². The predicted octanol–water partition coefficient (Wildman–Crippen LogP) is 3.73. The summed E-state index contributed by atoms with van der Waals surface area (Å²) in [6.07, 6.45) is 0. The Morgan fingerprint density at radius 1 is 1.21 bits per heavy atom. The topological polar surface area (TPSA) is 57.0 Å². The van der Waals surface area contributed by atoms with Crippen LogP contribution in [0.25, 0.3) is 5.69 Å². The van der Waals surface area contributed by atoms with E-state index >= 15 is 0 Å². The van der Waals surface area contributed by atoms with E-state index in [1.54, 1.807) is 49.4 Å². The smallest absolute Gasteiger partial charge is 0.361 e. The van der Waals surface area contributed by atoms with E-state index in [0.717, 1.165) is 5.69 Å². The van der Waals surface area contributed by atoms with Gasteiger partial charge in [0, 0.05) is 10.6 Å². The number of esters is 1. The van der Waals surface area contributed by atoms with Crippen LogP contribution in [0, 0.1) is 12.7 Å². The monoisotopic (exact) mass is 345 g/mol. The van der Waals surface area contributed by atoms with E-state index in [2.05, 4.69) is 10.3 Å². The third kappa shape index (κ3) is 3.28. The van der Waals surface area contributed by atoms with Gasteiger partial charge in [0.1, 0.15) is 12.4 Å². The molecule has 0 atom stereocenters. The normalized spacial score (nSPS) is 10.6. The molecule has 0 aliphatic heterocycles. The van der Waals surface area contributed by atoms with Crippen molar-refractivity contribution in [2.45, 2.75) is 13.5 Å². The molecular formula is C17H13ClFN3O2. The molecule has 1 heterocycles. The van der Waals surface area contributed by atoms with Gasteiger partial charge in [-0.25, -0.2) is 13.9 Å². The fourth-order valence-corrected chi connectivity index (χ4v) is 2.30. The molecule has 0 aliphatic rings.